The topological polar surface area (TPSA) is 78.9 Å². The van der Waals surface area contributed by atoms with Gasteiger partial charge in [-0.3, -0.25) is 14.4 Å². The highest BCUT2D eigenvalue weighted by Crippen LogP contribution is 2.17. The lowest BCUT2D eigenvalue weighted by atomic mass is 10.0. The van der Waals surface area contributed by atoms with Gasteiger partial charge < -0.3 is 14.2 Å². The quantitative estimate of drug-likeness (QED) is 0.0261. The summed E-state index contributed by atoms with van der Waals surface area (Å²) in [6.45, 7) is 6.53. The summed E-state index contributed by atoms with van der Waals surface area (Å²) < 4.78 is 16.9. The average Bonchev–Trinajstić information content (AvgIpc) is 3.39. The Labute approximate surface area is 453 Å². The fourth-order valence-corrected chi connectivity index (χ4v) is 9.00. The first-order valence-electron chi connectivity index (χ1n) is 31.4. The largest absolute Gasteiger partial charge is 0.462 e. The molecule has 0 aliphatic rings. The first-order chi connectivity index (χ1) is 36.0. The van der Waals surface area contributed by atoms with Crippen molar-refractivity contribution in [3.05, 3.63) is 72.9 Å². The zero-order valence-corrected chi connectivity index (χ0v) is 48.4. The summed E-state index contributed by atoms with van der Waals surface area (Å²) in [5.41, 5.74) is 0. The third-order valence-electron chi connectivity index (χ3n) is 13.7. The van der Waals surface area contributed by atoms with E-state index in [1.807, 2.05) is 0 Å². The number of ether oxygens (including phenoxy) is 3. The van der Waals surface area contributed by atoms with Gasteiger partial charge in [-0.15, -0.1) is 0 Å². The average molecular weight is 1020 g/mol. The molecular weight excluding hydrogens is 901 g/mol. The highest BCUT2D eigenvalue weighted by atomic mass is 16.6. The van der Waals surface area contributed by atoms with E-state index < -0.39 is 6.10 Å². The van der Waals surface area contributed by atoms with Crippen molar-refractivity contribution in [3.63, 3.8) is 0 Å². The first-order valence-corrected chi connectivity index (χ1v) is 31.4. The molecule has 0 radical (unpaired) electrons. The van der Waals surface area contributed by atoms with Crippen LogP contribution in [0.1, 0.15) is 316 Å². The minimum Gasteiger partial charge on any atom is -0.462 e. The molecule has 0 bridgehead atoms. The fourth-order valence-electron chi connectivity index (χ4n) is 9.00. The maximum atomic E-state index is 12.9. The van der Waals surface area contributed by atoms with Crippen molar-refractivity contribution in [3.8, 4) is 0 Å². The Morgan fingerprint density at radius 1 is 0.288 bits per heavy atom. The molecule has 0 amide bonds. The summed E-state index contributed by atoms with van der Waals surface area (Å²) >= 11 is 0. The summed E-state index contributed by atoms with van der Waals surface area (Å²) in [6.07, 6.45) is 79.0. The van der Waals surface area contributed by atoms with Crippen LogP contribution in [0, 0.1) is 0 Å². The molecule has 0 aromatic heterocycles. The van der Waals surface area contributed by atoms with Crippen molar-refractivity contribution in [1.29, 1.82) is 0 Å². The van der Waals surface area contributed by atoms with Crippen LogP contribution < -0.4 is 0 Å². The molecule has 422 valence electrons. The molecule has 0 aromatic rings. The first kappa shape index (κ1) is 69.8. The minimum absolute atomic E-state index is 0.0793. The van der Waals surface area contributed by atoms with Crippen LogP contribution in [-0.4, -0.2) is 37.2 Å². The van der Waals surface area contributed by atoms with Gasteiger partial charge >= 0.3 is 17.9 Å². The summed E-state index contributed by atoms with van der Waals surface area (Å²) in [4.78, 5) is 38.3. The monoisotopic (exact) mass is 1020 g/mol. The third kappa shape index (κ3) is 59.6. The predicted octanol–water partition coefficient (Wildman–Crippen LogP) is 21.3. The normalized spacial score (nSPS) is 12.5. The standard InChI is InChI=1S/C67H118O6/c1-4-7-10-13-16-19-22-25-28-30-31-32-33-34-35-37-39-42-45-48-51-54-57-60-66(69)72-63-64(62-71-65(68)59-56-53-50-47-44-41-38-27-24-21-18-15-12-9-6-3)73-67(70)61-58-55-52-49-46-43-40-36-29-26-23-20-17-14-11-8-5-2/h7,10,16,18-19,21,25,27-28,31-32,38,64H,4-6,8-9,11-15,17,20,22-24,26,29-30,33-37,39-63H2,1-3H3/b10-7-,19-16-,21-18-,28-25-,32-31-,38-27-. The molecule has 0 saturated heterocycles. The van der Waals surface area contributed by atoms with E-state index in [-0.39, 0.29) is 31.1 Å². The summed E-state index contributed by atoms with van der Waals surface area (Å²) in [5.74, 6) is -0.881. The minimum atomic E-state index is -0.782. The fraction of sp³-hybridized carbons (Fsp3) is 0.776. The highest BCUT2D eigenvalue weighted by Gasteiger charge is 2.19. The van der Waals surface area contributed by atoms with Crippen molar-refractivity contribution in [2.75, 3.05) is 13.2 Å². The van der Waals surface area contributed by atoms with E-state index in [1.54, 1.807) is 0 Å². The van der Waals surface area contributed by atoms with Gasteiger partial charge in [0.1, 0.15) is 13.2 Å². The van der Waals surface area contributed by atoms with E-state index in [0.29, 0.717) is 19.3 Å². The SMILES string of the molecule is CC/C=C\C/C=C\C/C=C\C/C=C\CCCCCCCCCCCCC(=O)OCC(COC(=O)CCCCCCC/C=C\C/C=C\CCCCC)OC(=O)CCCCCCCCCCCCCCCCCCC. The van der Waals surface area contributed by atoms with Crippen LogP contribution in [0.5, 0.6) is 0 Å². The molecule has 1 atom stereocenters. The van der Waals surface area contributed by atoms with Crippen molar-refractivity contribution in [1.82, 2.24) is 0 Å². The van der Waals surface area contributed by atoms with Gasteiger partial charge in [0, 0.05) is 19.3 Å². The Kier molecular flexibility index (Phi) is 58.7. The van der Waals surface area contributed by atoms with E-state index in [9.17, 15) is 14.4 Å². The second-order valence-corrected chi connectivity index (χ2v) is 20.9. The van der Waals surface area contributed by atoms with Gasteiger partial charge in [-0.05, 0) is 89.9 Å². The van der Waals surface area contributed by atoms with Crippen LogP contribution in [0.4, 0.5) is 0 Å². The molecule has 0 N–H and O–H groups in total. The molecule has 73 heavy (non-hydrogen) atoms. The van der Waals surface area contributed by atoms with Gasteiger partial charge in [0.2, 0.25) is 0 Å². The van der Waals surface area contributed by atoms with E-state index in [0.717, 1.165) is 103 Å². The van der Waals surface area contributed by atoms with E-state index in [2.05, 4.69) is 93.7 Å². The van der Waals surface area contributed by atoms with Crippen LogP contribution >= 0.6 is 0 Å². The molecule has 6 nitrogen and oxygen atoms in total. The Bertz CT molecular complexity index is 1360. The molecule has 0 spiro atoms. The zero-order chi connectivity index (χ0) is 52.9. The van der Waals surface area contributed by atoms with E-state index >= 15 is 0 Å². The van der Waals surface area contributed by atoms with Crippen molar-refractivity contribution >= 4 is 17.9 Å². The number of unbranched alkanes of at least 4 members (excludes halogenated alkanes) is 34. The van der Waals surface area contributed by atoms with E-state index in [1.165, 1.54) is 173 Å². The molecule has 0 rings (SSSR count). The highest BCUT2D eigenvalue weighted by molar-refractivity contribution is 5.71. The number of hydrogen-bond donors (Lipinski definition) is 0. The molecule has 0 fully saturated rings. The second kappa shape index (κ2) is 61.4. The van der Waals surface area contributed by atoms with Crippen molar-refractivity contribution in [2.24, 2.45) is 0 Å². The lowest BCUT2D eigenvalue weighted by Crippen LogP contribution is -2.30. The lowest BCUT2D eigenvalue weighted by molar-refractivity contribution is -0.167. The van der Waals surface area contributed by atoms with Gasteiger partial charge in [-0.25, -0.2) is 0 Å². The number of carbonyl (C=O) groups excluding carboxylic acids is 3. The summed E-state index contributed by atoms with van der Waals surface area (Å²) in [6, 6.07) is 0. The maximum absolute atomic E-state index is 12.9. The van der Waals surface area contributed by atoms with Gasteiger partial charge in [0.05, 0.1) is 0 Å². The molecule has 0 aliphatic heterocycles. The van der Waals surface area contributed by atoms with Crippen LogP contribution in [0.25, 0.3) is 0 Å². The number of allylic oxidation sites excluding steroid dienone is 12. The lowest BCUT2D eigenvalue weighted by Gasteiger charge is -2.18. The molecule has 1 unspecified atom stereocenters. The van der Waals surface area contributed by atoms with Crippen molar-refractivity contribution < 1.29 is 28.6 Å². The molecule has 0 aliphatic carbocycles. The molecule has 0 heterocycles. The van der Waals surface area contributed by atoms with Crippen LogP contribution in [0.3, 0.4) is 0 Å². The molecule has 0 saturated carbocycles. The van der Waals surface area contributed by atoms with Crippen LogP contribution in [-0.2, 0) is 28.6 Å². The predicted molar refractivity (Wildman–Crippen MR) is 316 cm³/mol. The van der Waals surface area contributed by atoms with Gasteiger partial charge in [-0.2, -0.15) is 0 Å². The number of carbonyl (C=O) groups is 3. The smallest absolute Gasteiger partial charge is 0.306 e. The Morgan fingerprint density at radius 3 is 0.863 bits per heavy atom. The summed E-state index contributed by atoms with van der Waals surface area (Å²) in [7, 11) is 0. The zero-order valence-electron chi connectivity index (χ0n) is 48.4. The summed E-state index contributed by atoms with van der Waals surface area (Å²) in [5, 5.41) is 0. The number of esters is 3. The Hall–Kier alpha value is -3.15. The second-order valence-electron chi connectivity index (χ2n) is 20.9. The van der Waals surface area contributed by atoms with Gasteiger partial charge in [-0.1, -0.05) is 280 Å². The van der Waals surface area contributed by atoms with Crippen molar-refractivity contribution in [2.45, 2.75) is 322 Å². The van der Waals surface area contributed by atoms with Gasteiger partial charge in [0.25, 0.3) is 0 Å². The molecule has 6 heteroatoms. The van der Waals surface area contributed by atoms with Gasteiger partial charge in [0.15, 0.2) is 6.10 Å². The van der Waals surface area contributed by atoms with Crippen LogP contribution in [0.2, 0.25) is 0 Å². The number of hydrogen-bond acceptors (Lipinski definition) is 6. The van der Waals surface area contributed by atoms with Crippen LogP contribution in [0.15, 0.2) is 72.9 Å². The molecule has 0 aromatic carbocycles. The Balaban J connectivity index is 4.34. The third-order valence-corrected chi connectivity index (χ3v) is 13.7. The Morgan fingerprint density at radius 2 is 0.534 bits per heavy atom. The maximum Gasteiger partial charge on any atom is 0.306 e. The van der Waals surface area contributed by atoms with E-state index in [4.69, 9.17) is 14.2 Å². The molecular formula is C67H118O6. The number of rotatable bonds is 57.